The van der Waals surface area contributed by atoms with E-state index in [4.69, 9.17) is 0 Å². The fourth-order valence-electron chi connectivity index (χ4n) is 0.535. The van der Waals surface area contributed by atoms with Crippen LogP contribution in [0.5, 0.6) is 0 Å². The normalized spacial score (nSPS) is 11.5. The number of hydrogen-bond donors (Lipinski definition) is 1. The largest absolute Gasteiger partial charge is 0.368 e. The van der Waals surface area contributed by atoms with Gasteiger partial charge in [0.1, 0.15) is 6.33 Å². The third-order valence-corrected chi connectivity index (χ3v) is 1.19. The minimum Gasteiger partial charge on any atom is -0.270 e. The van der Waals surface area contributed by atoms with E-state index in [1.165, 1.54) is 6.20 Å². The topological polar surface area (TPSA) is 34.9 Å². The minimum absolute atomic E-state index is 0.674. The SMILES string of the molecule is O=C(n1ccnc1)C(F)(F)S. The van der Waals surface area contributed by atoms with E-state index in [2.05, 4.69) is 17.6 Å². The van der Waals surface area contributed by atoms with Gasteiger partial charge in [-0.05, 0) is 0 Å². The van der Waals surface area contributed by atoms with Crippen LogP contribution in [0.25, 0.3) is 0 Å². The summed E-state index contributed by atoms with van der Waals surface area (Å²) in [5.74, 6) is -1.40. The summed E-state index contributed by atoms with van der Waals surface area (Å²) in [5, 5.41) is -3.64. The molecular weight excluding hydrogens is 174 g/mol. The molecule has 0 saturated heterocycles. The van der Waals surface area contributed by atoms with Crippen LogP contribution in [-0.2, 0) is 0 Å². The lowest BCUT2D eigenvalue weighted by Gasteiger charge is -2.06. The maximum Gasteiger partial charge on any atom is 0.368 e. The number of hydrogen-bond acceptors (Lipinski definition) is 3. The standard InChI is InChI=1S/C5H4F2N2OS/c6-5(7,11)4(10)9-2-1-8-3-9/h1-3,11H. The maximum atomic E-state index is 12.1. The van der Waals surface area contributed by atoms with Gasteiger partial charge >= 0.3 is 11.2 Å². The lowest BCUT2D eigenvalue weighted by molar-refractivity contribution is 0.0476. The highest BCUT2D eigenvalue weighted by atomic mass is 32.1. The molecule has 0 spiro atoms. The first-order valence-electron chi connectivity index (χ1n) is 2.65. The molecule has 0 atom stereocenters. The first-order chi connectivity index (χ1) is 5.02. The molecule has 0 saturated carbocycles. The molecule has 0 amide bonds. The number of alkyl halides is 2. The summed E-state index contributed by atoms with van der Waals surface area (Å²) in [6.45, 7) is 0. The van der Waals surface area contributed by atoms with Crippen LogP contribution in [0.4, 0.5) is 8.78 Å². The highest BCUT2D eigenvalue weighted by Crippen LogP contribution is 2.19. The number of aromatic nitrogens is 2. The number of carbonyl (C=O) groups is 1. The smallest absolute Gasteiger partial charge is 0.270 e. The highest BCUT2D eigenvalue weighted by molar-refractivity contribution is 7.82. The molecule has 0 unspecified atom stereocenters. The van der Waals surface area contributed by atoms with Gasteiger partial charge in [-0.3, -0.25) is 9.36 Å². The summed E-state index contributed by atoms with van der Waals surface area (Å²) in [7, 11) is 0. The molecule has 60 valence electrons. The Hall–Kier alpha value is -0.910. The van der Waals surface area contributed by atoms with Crippen LogP contribution < -0.4 is 0 Å². The second-order valence-corrected chi connectivity index (χ2v) is 2.38. The first kappa shape index (κ1) is 8.19. The van der Waals surface area contributed by atoms with Crippen LogP contribution in [0, 0.1) is 0 Å². The number of imidazole rings is 1. The van der Waals surface area contributed by atoms with Crippen molar-refractivity contribution in [1.29, 1.82) is 0 Å². The maximum absolute atomic E-state index is 12.1. The predicted octanol–water partition coefficient (Wildman–Crippen LogP) is 1.05. The van der Waals surface area contributed by atoms with Gasteiger partial charge in [0.2, 0.25) is 0 Å². The van der Waals surface area contributed by atoms with Gasteiger partial charge in [0.05, 0.1) is 0 Å². The van der Waals surface area contributed by atoms with Crippen molar-refractivity contribution >= 4 is 18.5 Å². The molecule has 0 aliphatic carbocycles. The third-order valence-electron chi connectivity index (χ3n) is 0.996. The van der Waals surface area contributed by atoms with Crippen molar-refractivity contribution in [3.05, 3.63) is 18.7 Å². The Morgan fingerprint density at radius 1 is 1.64 bits per heavy atom. The van der Waals surface area contributed by atoms with E-state index in [1.54, 1.807) is 0 Å². The summed E-state index contributed by atoms with van der Waals surface area (Å²) in [5.41, 5.74) is 0. The monoisotopic (exact) mass is 178 g/mol. The first-order valence-corrected chi connectivity index (χ1v) is 3.09. The average Bonchev–Trinajstić information content (AvgIpc) is 2.34. The Morgan fingerprint density at radius 2 is 2.27 bits per heavy atom. The van der Waals surface area contributed by atoms with Crippen molar-refractivity contribution in [1.82, 2.24) is 9.55 Å². The zero-order valence-corrected chi connectivity index (χ0v) is 6.13. The molecular formula is C5H4F2N2OS. The van der Waals surface area contributed by atoms with E-state index in [0.717, 1.165) is 12.5 Å². The van der Waals surface area contributed by atoms with Gasteiger partial charge < -0.3 is 0 Å². The lowest BCUT2D eigenvalue weighted by atomic mass is 10.6. The minimum atomic E-state index is -3.64. The van der Waals surface area contributed by atoms with Crippen LogP contribution in [-0.4, -0.2) is 20.7 Å². The fourth-order valence-corrected chi connectivity index (χ4v) is 0.650. The Bertz CT molecular complexity index is 254. The van der Waals surface area contributed by atoms with Gasteiger partial charge in [-0.2, -0.15) is 8.78 Å². The van der Waals surface area contributed by atoms with E-state index in [0.29, 0.717) is 4.57 Å². The molecule has 0 N–H and O–H groups in total. The molecule has 0 aliphatic heterocycles. The van der Waals surface area contributed by atoms with Crippen LogP contribution in [0.1, 0.15) is 4.79 Å². The van der Waals surface area contributed by atoms with Gasteiger partial charge in [0.15, 0.2) is 0 Å². The van der Waals surface area contributed by atoms with Crippen LogP contribution in [0.2, 0.25) is 0 Å². The molecule has 0 bridgehead atoms. The fraction of sp³-hybridized carbons (Fsp3) is 0.200. The third kappa shape index (κ3) is 1.76. The quantitative estimate of drug-likeness (QED) is 0.652. The van der Waals surface area contributed by atoms with Crippen molar-refractivity contribution in [2.45, 2.75) is 5.25 Å². The van der Waals surface area contributed by atoms with Gasteiger partial charge in [-0.15, -0.1) is 0 Å². The molecule has 11 heavy (non-hydrogen) atoms. The Labute approximate surface area is 66.4 Å². The van der Waals surface area contributed by atoms with Gasteiger partial charge in [0.25, 0.3) is 0 Å². The van der Waals surface area contributed by atoms with Crippen LogP contribution in [0.3, 0.4) is 0 Å². The Kier molecular flexibility index (Phi) is 1.95. The molecule has 1 aromatic rings. The van der Waals surface area contributed by atoms with Crippen molar-refractivity contribution < 1.29 is 13.6 Å². The zero-order valence-electron chi connectivity index (χ0n) is 5.24. The molecule has 6 heteroatoms. The molecule has 0 aliphatic rings. The van der Waals surface area contributed by atoms with Crippen molar-refractivity contribution in [2.24, 2.45) is 0 Å². The van der Waals surface area contributed by atoms with Crippen LogP contribution >= 0.6 is 12.6 Å². The Balaban J connectivity index is 2.88. The second-order valence-electron chi connectivity index (χ2n) is 1.82. The summed E-state index contributed by atoms with van der Waals surface area (Å²) < 4.78 is 25.0. The van der Waals surface area contributed by atoms with E-state index >= 15 is 0 Å². The number of rotatable bonds is 1. The number of nitrogens with zero attached hydrogens (tertiary/aromatic N) is 2. The molecule has 1 rings (SSSR count). The second kappa shape index (κ2) is 2.61. The molecule has 0 aromatic carbocycles. The molecule has 3 nitrogen and oxygen atoms in total. The van der Waals surface area contributed by atoms with Gasteiger partial charge in [0, 0.05) is 12.4 Å². The summed E-state index contributed by atoms with van der Waals surface area (Å²) in [4.78, 5) is 14.1. The van der Waals surface area contributed by atoms with Crippen LogP contribution in [0.15, 0.2) is 18.7 Å². The lowest BCUT2D eigenvalue weighted by Crippen LogP contribution is -2.26. The summed E-state index contributed by atoms with van der Waals surface area (Å²) >= 11 is 2.80. The van der Waals surface area contributed by atoms with E-state index in [-0.39, 0.29) is 0 Å². The summed E-state index contributed by atoms with van der Waals surface area (Å²) in [6, 6.07) is 0. The van der Waals surface area contributed by atoms with E-state index in [9.17, 15) is 13.6 Å². The van der Waals surface area contributed by atoms with Crippen molar-refractivity contribution in [2.75, 3.05) is 0 Å². The molecule has 0 radical (unpaired) electrons. The molecule has 1 heterocycles. The van der Waals surface area contributed by atoms with Gasteiger partial charge in [-0.1, -0.05) is 12.6 Å². The Morgan fingerprint density at radius 3 is 2.64 bits per heavy atom. The average molecular weight is 178 g/mol. The highest BCUT2D eigenvalue weighted by Gasteiger charge is 2.34. The number of thiol groups is 1. The van der Waals surface area contributed by atoms with E-state index < -0.39 is 11.2 Å². The van der Waals surface area contributed by atoms with Crippen molar-refractivity contribution in [3.8, 4) is 0 Å². The molecule has 0 fully saturated rings. The van der Waals surface area contributed by atoms with Crippen molar-refractivity contribution in [3.63, 3.8) is 0 Å². The molecule has 1 aromatic heterocycles. The predicted molar refractivity (Wildman–Crippen MR) is 36.8 cm³/mol. The number of carbonyl (C=O) groups excluding carboxylic acids is 1. The zero-order chi connectivity index (χ0) is 8.48. The summed E-state index contributed by atoms with van der Waals surface area (Å²) in [6.07, 6.45) is 3.36. The van der Waals surface area contributed by atoms with Gasteiger partial charge in [-0.25, -0.2) is 4.98 Å². The van der Waals surface area contributed by atoms with E-state index in [1.807, 2.05) is 0 Å². The number of halogens is 2.